The molecule has 1 aromatic heterocycles. The first-order chi connectivity index (χ1) is 11.5. The minimum atomic E-state index is -1.03. The molecule has 3 rings (SSSR count). The topological polar surface area (TPSA) is 88.7 Å². The normalized spacial score (nSPS) is 20.4. The summed E-state index contributed by atoms with van der Waals surface area (Å²) in [7, 11) is 0. The Balaban J connectivity index is 1.56. The number of aromatic nitrogens is 2. The third-order valence-corrected chi connectivity index (χ3v) is 4.34. The Morgan fingerprint density at radius 3 is 2.88 bits per heavy atom. The van der Waals surface area contributed by atoms with Crippen molar-refractivity contribution in [1.82, 2.24) is 15.2 Å². The molecule has 1 amide bonds. The van der Waals surface area contributed by atoms with Gasteiger partial charge in [-0.1, -0.05) is 28.5 Å². The number of rotatable bonds is 5. The van der Waals surface area contributed by atoms with E-state index in [2.05, 4.69) is 14.9 Å². The molecule has 1 saturated heterocycles. The Morgan fingerprint density at radius 1 is 1.38 bits per heavy atom. The van der Waals surface area contributed by atoms with Gasteiger partial charge < -0.3 is 14.7 Å². The SMILES string of the molecule is Cc1ccccc1OC[C@@]1(O)CCN(C(=O)Cc2nonc2C)C1. The summed E-state index contributed by atoms with van der Waals surface area (Å²) in [6.45, 7) is 4.61. The van der Waals surface area contributed by atoms with E-state index in [9.17, 15) is 9.90 Å². The largest absolute Gasteiger partial charge is 0.490 e. The maximum atomic E-state index is 12.3. The highest BCUT2D eigenvalue weighted by Gasteiger charge is 2.39. The van der Waals surface area contributed by atoms with Crippen molar-refractivity contribution in [2.75, 3.05) is 19.7 Å². The number of carbonyl (C=O) groups is 1. The zero-order valence-corrected chi connectivity index (χ0v) is 13.9. The van der Waals surface area contributed by atoms with E-state index in [1.54, 1.807) is 11.8 Å². The predicted molar refractivity (Wildman–Crippen MR) is 85.6 cm³/mol. The molecule has 0 bridgehead atoms. The highest BCUT2D eigenvalue weighted by molar-refractivity contribution is 5.78. The molecule has 1 aromatic carbocycles. The molecular formula is C17H21N3O4. The first kappa shape index (κ1) is 16.4. The fourth-order valence-corrected chi connectivity index (χ4v) is 2.78. The monoisotopic (exact) mass is 331 g/mol. The predicted octanol–water partition coefficient (Wildman–Crippen LogP) is 1.27. The second-order valence-electron chi connectivity index (χ2n) is 6.32. The number of nitrogens with zero attached hydrogens (tertiary/aromatic N) is 3. The number of β-amino-alcohol motifs (C(OH)–C–C–N with tert-alkyl or cyclic N) is 1. The molecule has 2 aromatic rings. The van der Waals surface area contributed by atoms with E-state index in [4.69, 9.17) is 4.74 Å². The number of amides is 1. The van der Waals surface area contributed by atoms with Crippen molar-refractivity contribution in [2.45, 2.75) is 32.3 Å². The van der Waals surface area contributed by atoms with Gasteiger partial charge in [0.05, 0.1) is 13.0 Å². The van der Waals surface area contributed by atoms with Crippen molar-refractivity contribution in [3.63, 3.8) is 0 Å². The second kappa shape index (κ2) is 6.60. The first-order valence-electron chi connectivity index (χ1n) is 7.93. The quantitative estimate of drug-likeness (QED) is 0.887. The minimum Gasteiger partial charge on any atom is -0.490 e. The lowest BCUT2D eigenvalue weighted by molar-refractivity contribution is -0.130. The van der Waals surface area contributed by atoms with Crippen molar-refractivity contribution in [3.05, 3.63) is 41.2 Å². The number of benzene rings is 1. The molecule has 7 nitrogen and oxygen atoms in total. The number of carbonyl (C=O) groups excluding carboxylic acids is 1. The number of aliphatic hydroxyl groups is 1. The summed E-state index contributed by atoms with van der Waals surface area (Å²) in [5.74, 6) is 0.653. The fourth-order valence-electron chi connectivity index (χ4n) is 2.78. The average Bonchev–Trinajstić information content (AvgIpc) is 3.14. The van der Waals surface area contributed by atoms with Crippen LogP contribution >= 0.6 is 0 Å². The summed E-state index contributed by atoms with van der Waals surface area (Å²) in [5.41, 5.74) is 1.13. The van der Waals surface area contributed by atoms with Crippen molar-refractivity contribution in [1.29, 1.82) is 0 Å². The summed E-state index contributed by atoms with van der Waals surface area (Å²) in [5, 5.41) is 18.1. The van der Waals surface area contributed by atoms with Gasteiger partial charge in [0.25, 0.3) is 0 Å². The Labute approximate surface area is 140 Å². The molecular weight excluding hydrogens is 310 g/mol. The van der Waals surface area contributed by atoms with Gasteiger partial charge in [0, 0.05) is 6.54 Å². The van der Waals surface area contributed by atoms with Gasteiger partial charge in [0.1, 0.15) is 29.3 Å². The summed E-state index contributed by atoms with van der Waals surface area (Å²) >= 11 is 0. The van der Waals surface area contributed by atoms with E-state index in [0.29, 0.717) is 24.4 Å². The average molecular weight is 331 g/mol. The zero-order chi connectivity index (χ0) is 17.2. The molecule has 1 atom stereocenters. The van der Waals surface area contributed by atoms with E-state index in [1.807, 2.05) is 31.2 Å². The molecule has 0 aliphatic carbocycles. The maximum Gasteiger partial charge on any atom is 0.228 e. The van der Waals surface area contributed by atoms with E-state index < -0.39 is 5.60 Å². The molecule has 0 saturated carbocycles. The van der Waals surface area contributed by atoms with Gasteiger partial charge >= 0.3 is 0 Å². The van der Waals surface area contributed by atoms with Gasteiger partial charge in [-0.3, -0.25) is 4.79 Å². The highest BCUT2D eigenvalue weighted by Crippen LogP contribution is 2.25. The first-order valence-corrected chi connectivity index (χ1v) is 7.93. The molecule has 128 valence electrons. The molecule has 24 heavy (non-hydrogen) atoms. The van der Waals surface area contributed by atoms with E-state index in [0.717, 1.165) is 11.3 Å². The standard InChI is InChI=1S/C17H21N3O4/c1-12-5-3-4-6-15(12)23-11-17(22)7-8-20(10-17)16(21)9-14-13(2)18-24-19-14/h3-6,22H,7-11H2,1-2H3/t17-/m1/s1. The fraction of sp³-hybridized carbons (Fsp3) is 0.471. The number of hydrogen-bond acceptors (Lipinski definition) is 6. The Hall–Kier alpha value is -2.41. The van der Waals surface area contributed by atoms with Crippen LogP contribution in [0.15, 0.2) is 28.9 Å². The van der Waals surface area contributed by atoms with Crippen LogP contribution in [-0.2, 0) is 11.2 Å². The minimum absolute atomic E-state index is 0.0967. The third-order valence-electron chi connectivity index (χ3n) is 4.34. The molecule has 0 radical (unpaired) electrons. The van der Waals surface area contributed by atoms with Gasteiger partial charge in [-0.05, 0) is 31.9 Å². The van der Waals surface area contributed by atoms with Crippen molar-refractivity contribution in [2.24, 2.45) is 0 Å². The summed E-state index contributed by atoms with van der Waals surface area (Å²) in [4.78, 5) is 14.0. The number of para-hydroxylation sites is 1. The molecule has 1 aliphatic rings. The van der Waals surface area contributed by atoms with Crippen molar-refractivity contribution < 1.29 is 19.3 Å². The Kier molecular flexibility index (Phi) is 4.53. The molecule has 7 heteroatoms. The lowest BCUT2D eigenvalue weighted by Crippen LogP contribution is -2.41. The van der Waals surface area contributed by atoms with Gasteiger partial charge in [-0.15, -0.1) is 0 Å². The van der Waals surface area contributed by atoms with Crippen LogP contribution in [0.3, 0.4) is 0 Å². The van der Waals surface area contributed by atoms with Crippen LogP contribution in [0.25, 0.3) is 0 Å². The summed E-state index contributed by atoms with van der Waals surface area (Å²) in [6, 6.07) is 7.66. The summed E-state index contributed by atoms with van der Waals surface area (Å²) < 4.78 is 10.4. The van der Waals surface area contributed by atoms with Crippen LogP contribution in [0.2, 0.25) is 0 Å². The van der Waals surface area contributed by atoms with Gasteiger partial charge in [0.2, 0.25) is 5.91 Å². The number of aryl methyl sites for hydroxylation is 2. The van der Waals surface area contributed by atoms with E-state index in [1.165, 1.54) is 0 Å². The van der Waals surface area contributed by atoms with Crippen LogP contribution in [0.4, 0.5) is 0 Å². The molecule has 2 heterocycles. The van der Waals surface area contributed by atoms with Crippen LogP contribution in [-0.4, -0.2) is 51.5 Å². The lowest BCUT2D eigenvalue weighted by Gasteiger charge is -2.24. The van der Waals surface area contributed by atoms with Gasteiger partial charge in [0.15, 0.2) is 0 Å². The van der Waals surface area contributed by atoms with E-state index >= 15 is 0 Å². The molecule has 0 unspecified atom stereocenters. The van der Waals surface area contributed by atoms with Crippen LogP contribution in [0.5, 0.6) is 5.75 Å². The smallest absolute Gasteiger partial charge is 0.228 e. The van der Waals surface area contributed by atoms with Crippen molar-refractivity contribution in [3.8, 4) is 5.75 Å². The van der Waals surface area contributed by atoms with Crippen LogP contribution in [0, 0.1) is 13.8 Å². The highest BCUT2D eigenvalue weighted by atomic mass is 16.6. The number of ether oxygens (including phenoxy) is 1. The maximum absolute atomic E-state index is 12.3. The van der Waals surface area contributed by atoms with Crippen LogP contribution < -0.4 is 4.74 Å². The molecule has 0 spiro atoms. The molecule has 1 N–H and O–H groups in total. The van der Waals surface area contributed by atoms with Crippen LogP contribution in [0.1, 0.15) is 23.4 Å². The lowest BCUT2D eigenvalue weighted by atomic mass is 10.1. The van der Waals surface area contributed by atoms with Gasteiger partial charge in [-0.25, -0.2) is 4.63 Å². The van der Waals surface area contributed by atoms with Crippen molar-refractivity contribution >= 4 is 5.91 Å². The third kappa shape index (κ3) is 3.56. The van der Waals surface area contributed by atoms with E-state index in [-0.39, 0.29) is 25.5 Å². The summed E-state index contributed by atoms with van der Waals surface area (Å²) in [6.07, 6.45) is 0.616. The Bertz CT molecular complexity index is 730. The zero-order valence-electron chi connectivity index (χ0n) is 13.9. The Morgan fingerprint density at radius 2 is 2.17 bits per heavy atom. The van der Waals surface area contributed by atoms with Gasteiger partial charge in [-0.2, -0.15) is 0 Å². The number of likely N-dealkylation sites (tertiary alicyclic amines) is 1. The number of hydrogen-bond donors (Lipinski definition) is 1. The molecule has 1 aliphatic heterocycles. The molecule has 1 fully saturated rings. The second-order valence-corrected chi connectivity index (χ2v) is 6.32.